The highest BCUT2D eigenvalue weighted by molar-refractivity contribution is 6.00. The molecule has 0 saturated heterocycles. The van der Waals surface area contributed by atoms with Crippen molar-refractivity contribution in [3.05, 3.63) is 42.5 Å². The highest BCUT2D eigenvalue weighted by Gasteiger charge is 2.38. The Hall–Kier alpha value is -2.91. The van der Waals surface area contributed by atoms with Gasteiger partial charge in [-0.2, -0.15) is 13.2 Å². The molecule has 1 aromatic carbocycles. The number of anilines is 1. The first-order valence-corrected chi connectivity index (χ1v) is 5.50. The number of hydrogen-bond donors (Lipinski definition) is 2. The molecule has 21 heavy (non-hydrogen) atoms. The summed E-state index contributed by atoms with van der Waals surface area (Å²) in [6.45, 7) is 0. The highest BCUT2D eigenvalue weighted by Crippen LogP contribution is 2.18. The van der Waals surface area contributed by atoms with Crippen molar-refractivity contribution in [2.75, 3.05) is 10.7 Å². The molecule has 0 radical (unpaired) electrons. The van der Waals surface area contributed by atoms with E-state index in [9.17, 15) is 22.8 Å². The molecule has 2 rings (SSSR count). The SMILES string of the molecule is O=C(Nn1cnnc1)c1ccc(NC(=O)C(F)(F)F)cc1. The zero-order valence-corrected chi connectivity index (χ0v) is 10.3. The average molecular weight is 299 g/mol. The fourth-order valence-electron chi connectivity index (χ4n) is 1.35. The summed E-state index contributed by atoms with van der Waals surface area (Å²) in [5.74, 6) is -2.59. The summed E-state index contributed by atoms with van der Waals surface area (Å²) in [6, 6.07) is 4.91. The van der Waals surface area contributed by atoms with Crippen LogP contribution in [0.25, 0.3) is 0 Å². The minimum atomic E-state index is -4.97. The van der Waals surface area contributed by atoms with Gasteiger partial charge in [0.25, 0.3) is 5.91 Å². The first kappa shape index (κ1) is 14.5. The van der Waals surface area contributed by atoms with Crippen LogP contribution >= 0.6 is 0 Å². The van der Waals surface area contributed by atoms with E-state index in [1.165, 1.54) is 41.6 Å². The Kier molecular flexibility index (Phi) is 3.87. The van der Waals surface area contributed by atoms with E-state index in [2.05, 4.69) is 15.6 Å². The van der Waals surface area contributed by atoms with Crippen LogP contribution in [-0.4, -0.2) is 32.9 Å². The van der Waals surface area contributed by atoms with Crippen LogP contribution in [0.1, 0.15) is 10.4 Å². The first-order valence-electron chi connectivity index (χ1n) is 5.50. The number of alkyl halides is 3. The van der Waals surface area contributed by atoms with Crippen molar-refractivity contribution in [1.29, 1.82) is 0 Å². The summed E-state index contributed by atoms with van der Waals surface area (Å²) >= 11 is 0. The largest absolute Gasteiger partial charge is 0.471 e. The molecule has 0 aliphatic carbocycles. The van der Waals surface area contributed by atoms with Crippen LogP contribution in [0.15, 0.2) is 36.9 Å². The average Bonchev–Trinajstić information content (AvgIpc) is 2.91. The molecule has 0 aliphatic rings. The molecular formula is C11H8F3N5O2. The molecule has 110 valence electrons. The van der Waals surface area contributed by atoms with Crippen molar-refractivity contribution in [3.8, 4) is 0 Å². The molecule has 0 aliphatic heterocycles. The van der Waals surface area contributed by atoms with Gasteiger partial charge >= 0.3 is 12.1 Å². The number of rotatable bonds is 3. The summed E-state index contributed by atoms with van der Waals surface area (Å²) < 4.78 is 37.4. The lowest BCUT2D eigenvalue weighted by atomic mass is 10.2. The second-order valence-electron chi connectivity index (χ2n) is 3.84. The minimum absolute atomic E-state index is 0.0711. The topological polar surface area (TPSA) is 88.9 Å². The summed E-state index contributed by atoms with van der Waals surface area (Å²) in [5.41, 5.74) is 2.53. The zero-order valence-electron chi connectivity index (χ0n) is 10.3. The third-order valence-corrected chi connectivity index (χ3v) is 2.31. The van der Waals surface area contributed by atoms with E-state index in [1.807, 2.05) is 0 Å². The lowest BCUT2D eigenvalue weighted by Crippen LogP contribution is -2.29. The minimum Gasteiger partial charge on any atom is -0.318 e. The quantitative estimate of drug-likeness (QED) is 0.890. The summed E-state index contributed by atoms with van der Waals surface area (Å²) in [6.07, 6.45) is -2.45. The smallest absolute Gasteiger partial charge is 0.318 e. The first-order chi connectivity index (χ1) is 9.86. The van der Waals surface area contributed by atoms with Gasteiger partial charge in [0.1, 0.15) is 12.7 Å². The molecule has 0 unspecified atom stereocenters. The Labute approximate surface area is 115 Å². The van der Waals surface area contributed by atoms with Crippen LogP contribution in [0.4, 0.5) is 18.9 Å². The van der Waals surface area contributed by atoms with Crippen molar-refractivity contribution in [2.24, 2.45) is 0 Å². The molecule has 0 fully saturated rings. The van der Waals surface area contributed by atoms with Crippen LogP contribution in [0.5, 0.6) is 0 Å². The molecule has 0 spiro atoms. The molecule has 1 aromatic heterocycles. The molecule has 7 nitrogen and oxygen atoms in total. The van der Waals surface area contributed by atoms with E-state index in [1.54, 1.807) is 5.32 Å². The Morgan fingerprint density at radius 1 is 1.05 bits per heavy atom. The van der Waals surface area contributed by atoms with Crippen molar-refractivity contribution in [2.45, 2.75) is 6.18 Å². The van der Waals surface area contributed by atoms with E-state index in [0.717, 1.165) is 0 Å². The number of nitrogens with zero attached hydrogens (tertiary/aromatic N) is 3. The number of nitrogens with one attached hydrogen (secondary N) is 2. The maximum Gasteiger partial charge on any atom is 0.471 e. The normalized spacial score (nSPS) is 11.0. The van der Waals surface area contributed by atoms with Crippen molar-refractivity contribution >= 4 is 17.5 Å². The molecule has 1 heterocycles. The fraction of sp³-hybridized carbons (Fsp3) is 0.0909. The monoisotopic (exact) mass is 299 g/mol. The number of halogens is 3. The molecule has 10 heteroatoms. The summed E-state index contributed by atoms with van der Waals surface area (Å²) in [4.78, 5) is 22.5. The van der Waals surface area contributed by atoms with Crippen molar-refractivity contribution in [1.82, 2.24) is 14.9 Å². The van der Waals surface area contributed by atoms with Gasteiger partial charge < -0.3 is 5.32 Å². The number of carbonyl (C=O) groups is 2. The number of amides is 2. The van der Waals surface area contributed by atoms with Gasteiger partial charge in [0, 0.05) is 11.3 Å². The third kappa shape index (κ3) is 3.78. The van der Waals surface area contributed by atoms with Gasteiger partial charge in [-0.25, -0.2) is 4.68 Å². The Morgan fingerprint density at radius 2 is 1.62 bits per heavy atom. The number of hydrogen-bond acceptors (Lipinski definition) is 4. The fourth-order valence-corrected chi connectivity index (χ4v) is 1.35. The lowest BCUT2D eigenvalue weighted by molar-refractivity contribution is -0.167. The second-order valence-corrected chi connectivity index (χ2v) is 3.84. The van der Waals surface area contributed by atoms with E-state index in [0.29, 0.717) is 0 Å². The van der Waals surface area contributed by atoms with Crippen LogP contribution in [0.2, 0.25) is 0 Å². The molecule has 2 aromatic rings. The molecule has 0 saturated carbocycles. The van der Waals surface area contributed by atoms with E-state index >= 15 is 0 Å². The van der Waals surface area contributed by atoms with Gasteiger partial charge in [0.2, 0.25) is 0 Å². The maximum atomic E-state index is 12.1. The molecule has 2 N–H and O–H groups in total. The van der Waals surface area contributed by atoms with Crippen molar-refractivity contribution in [3.63, 3.8) is 0 Å². The van der Waals surface area contributed by atoms with Crippen molar-refractivity contribution < 1.29 is 22.8 Å². The summed E-state index contributed by atoms with van der Waals surface area (Å²) in [5, 5.41) is 8.64. The number of aromatic nitrogens is 3. The second kappa shape index (κ2) is 5.61. The van der Waals surface area contributed by atoms with Crippen LogP contribution in [0, 0.1) is 0 Å². The van der Waals surface area contributed by atoms with Crippen LogP contribution in [-0.2, 0) is 4.79 Å². The maximum absolute atomic E-state index is 12.1. The molecule has 0 bridgehead atoms. The highest BCUT2D eigenvalue weighted by atomic mass is 19.4. The van der Waals surface area contributed by atoms with E-state index in [-0.39, 0.29) is 11.3 Å². The Bertz CT molecular complexity index is 637. The Morgan fingerprint density at radius 3 is 2.14 bits per heavy atom. The van der Waals surface area contributed by atoms with Crippen LogP contribution < -0.4 is 10.7 Å². The molecule has 2 amide bonds. The lowest BCUT2D eigenvalue weighted by Gasteiger charge is -2.09. The number of carbonyl (C=O) groups excluding carboxylic acids is 2. The predicted molar refractivity (Wildman–Crippen MR) is 64.8 cm³/mol. The molecular weight excluding hydrogens is 291 g/mol. The van der Waals surface area contributed by atoms with E-state index in [4.69, 9.17) is 0 Å². The van der Waals surface area contributed by atoms with Gasteiger partial charge in [-0.15, -0.1) is 10.2 Å². The standard InChI is InChI=1S/C11H8F3N5O2/c12-11(13,14)10(21)17-8-3-1-7(2-4-8)9(20)18-19-5-15-16-6-19/h1-6H,(H,17,21)(H,18,20). The summed E-state index contributed by atoms with van der Waals surface area (Å²) in [7, 11) is 0. The van der Waals surface area contributed by atoms with Gasteiger partial charge in [-0.3, -0.25) is 15.0 Å². The number of benzene rings is 1. The van der Waals surface area contributed by atoms with Gasteiger partial charge in [-0.1, -0.05) is 0 Å². The zero-order chi connectivity index (χ0) is 15.5. The van der Waals surface area contributed by atoms with Crippen LogP contribution in [0.3, 0.4) is 0 Å². The third-order valence-electron chi connectivity index (χ3n) is 2.31. The molecule has 0 atom stereocenters. The van der Waals surface area contributed by atoms with Gasteiger partial charge in [0.05, 0.1) is 0 Å². The van der Waals surface area contributed by atoms with Gasteiger partial charge in [-0.05, 0) is 24.3 Å². The van der Waals surface area contributed by atoms with Gasteiger partial charge in [0.15, 0.2) is 0 Å². The Balaban J connectivity index is 2.02. The predicted octanol–water partition coefficient (Wildman–Crippen LogP) is 1.16. The van der Waals surface area contributed by atoms with E-state index < -0.39 is 18.0 Å².